The number of amides is 1. The molecule has 0 aliphatic heterocycles. The standard InChI is InChI=1S/C16H12N6O/c1-22-15(19-20-21-22)12-3-2-4-13(9-12)16(23)18-14-7-5-11(10-17)6-8-14/h2-9H,1H3,(H,18,23). The van der Waals surface area contributed by atoms with Crippen LogP contribution in [0.3, 0.4) is 0 Å². The van der Waals surface area contributed by atoms with Gasteiger partial charge >= 0.3 is 0 Å². The van der Waals surface area contributed by atoms with Gasteiger partial charge in [0.1, 0.15) is 0 Å². The van der Waals surface area contributed by atoms with Gasteiger partial charge in [-0.05, 0) is 46.8 Å². The molecule has 0 bridgehead atoms. The van der Waals surface area contributed by atoms with E-state index in [2.05, 4.69) is 20.8 Å². The number of carbonyl (C=O) groups is 1. The summed E-state index contributed by atoms with van der Waals surface area (Å²) in [5, 5.41) is 22.9. The van der Waals surface area contributed by atoms with Crippen LogP contribution in [-0.2, 0) is 7.05 Å². The zero-order valence-electron chi connectivity index (χ0n) is 12.3. The number of nitrogens with one attached hydrogen (secondary N) is 1. The topological polar surface area (TPSA) is 96.5 Å². The molecule has 0 saturated carbocycles. The molecule has 0 fully saturated rings. The lowest BCUT2D eigenvalue weighted by Crippen LogP contribution is -2.12. The smallest absolute Gasteiger partial charge is 0.255 e. The second-order valence-electron chi connectivity index (χ2n) is 4.85. The van der Waals surface area contributed by atoms with Gasteiger partial charge in [-0.2, -0.15) is 5.26 Å². The zero-order valence-corrected chi connectivity index (χ0v) is 12.3. The van der Waals surface area contributed by atoms with E-state index in [0.717, 1.165) is 5.56 Å². The Labute approximate surface area is 132 Å². The van der Waals surface area contributed by atoms with Gasteiger partial charge in [-0.15, -0.1) is 5.10 Å². The van der Waals surface area contributed by atoms with E-state index in [1.165, 1.54) is 4.68 Å². The molecule has 1 N–H and O–H groups in total. The Balaban J connectivity index is 1.82. The molecule has 0 aliphatic rings. The van der Waals surface area contributed by atoms with Crippen LogP contribution in [-0.4, -0.2) is 26.1 Å². The van der Waals surface area contributed by atoms with E-state index in [0.29, 0.717) is 22.6 Å². The van der Waals surface area contributed by atoms with Crippen molar-refractivity contribution in [2.75, 3.05) is 5.32 Å². The van der Waals surface area contributed by atoms with Crippen LogP contribution in [0.1, 0.15) is 15.9 Å². The summed E-state index contributed by atoms with van der Waals surface area (Å²) >= 11 is 0. The van der Waals surface area contributed by atoms with Crippen LogP contribution < -0.4 is 5.32 Å². The first-order valence-corrected chi connectivity index (χ1v) is 6.81. The maximum Gasteiger partial charge on any atom is 0.255 e. The van der Waals surface area contributed by atoms with Crippen LogP contribution in [0.2, 0.25) is 0 Å². The molecule has 1 heterocycles. The number of nitrogens with zero attached hydrogens (tertiary/aromatic N) is 5. The number of nitriles is 1. The van der Waals surface area contributed by atoms with Crippen molar-refractivity contribution < 1.29 is 4.79 Å². The number of hydrogen-bond acceptors (Lipinski definition) is 5. The molecule has 1 amide bonds. The fourth-order valence-electron chi connectivity index (χ4n) is 2.10. The van der Waals surface area contributed by atoms with Crippen molar-refractivity contribution in [3.05, 3.63) is 59.7 Å². The van der Waals surface area contributed by atoms with Gasteiger partial charge in [-0.3, -0.25) is 4.79 Å². The molecule has 23 heavy (non-hydrogen) atoms. The summed E-state index contributed by atoms with van der Waals surface area (Å²) in [5.74, 6) is 0.338. The minimum atomic E-state index is -0.244. The summed E-state index contributed by atoms with van der Waals surface area (Å²) in [4.78, 5) is 12.3. The molecule has 0 unspecified atom stereocenters. The highest BCUT2D eigenvalue weighted by Crippen LogP contribution is 2.18. The van der Waals surface area contributed by atoms with Crippen LogP contribution in [0, 0.1) is 11.3 Å². The second kappa shape index (κ2) is 6.07. The quantitative estimate of drug-likeness (QED) is 0.798. The number of anilines is 1. The molecular formula is C16H12N6O. The summed E-state index contributed by atoms with van der Waals surface area (Å²) in [5.41, 5.74) is 2.42. The molecule has 3 rings (SSSR count). The molecule has 0 atom stereocenters. The highest BCUT2D eigenvalue weighted by Gasteiger charge is 2.10. The minimum absolute atomic E-state index is 0.244. The predicted octanol–water partition coefficient (Wildman–Crippen LogP) is 2.00. The van der Waals surface area contributed by atoms with Crippen LogP contribution >= 0.6 is 0 Å². The lowest BCUT2D eigenvalue weighted by Gasteiger charge is -2.06. The molecular weight excluding hydrogens is 292 g/mol. The number of hydrogen-bond donors (Lipinski definition) is 1. The van der Waals surface area contributed by atoms with E-state index in [9.17, 15) is 4.79 Å². The fraction of sp³-hybridized carbons (Fsp3) is 0.0625. The number of aryl methyl sites for hydroxylation is 1. The van der Waals surface area contributed by atoms with E-state index < -0.39 is 0 Å². The Morgan fingerprint density at radius 1 is 1.22 bits per heavy atom. The third kappa shape index (κ3) is 3.06. The van der Waals surface area contributed by atoms with Gasteiger partial charge in [-0.1, -0.05) is 12.1 Å². The molecule has 112 valence electrons. The van der Waals surface area contributed by atoms with Gasteiger partial charge in [0.25, 0.3) is 5.91 Å². The number of carbonyl (C=O) groups excluding carboxylic acids is 1. The Kier molecular flexibility index (Phi) is 3.80. The monoisotopic (exact) mass is 304 g/mol. The molecule has 0 aliphatic carbocycles. The first-order chi connectivity index (χ1) is 11.2. The Bertz CT molecular complexity index is 891. The molecule has 1 aromatic heterocycles. The van der Waals surface area contributed by atoms with Gasteiger partial charge < -0.3 is 5.32 Å². The van der Waals surface area contributed by atoms with Crippen LogP contribution in [0.5, 0.6) is 0 Å². The van der Waals surface area contributed by atoms with Crippen molar-refractivity contribution in [2.45, 2.75) is 0 Å². The van der Waals surface area contributed by atoms with Crippen molar-refractivity contribution in [1.29, 1.82) is 5.26 Å². The van der Waals surface area contributed by atoms with Crippen molar-refractivity contribution in [1.82, 2.24) is 20.2 Å². The zero-order chi connectivity index (χ0) is 16.2. The normalized spacial score (nSPS) is 10.1. The predicted molar refractivity (Wildman–Crippen MR) is 83.3 cm³/mol. The lowest BCUT2D eigenvalue weighted by atomic mass is 10.1. The number of aromatic nitrogens is 4. The minimum Gasteiger partial charge on any atom is -0.322 e. The number of tetrazole rings is 1. The average Bonchev–Trinajstić information content (AvgIpc) is 3.02. The molecule has 7 nitrogen and oxygen atoms in total. The second-order valence-corrected chi connectivity index (χ2v) is 4.85. The van der Waals surface area contributed by atoms with Gasteiger partial charge in [0.05, 0.1) is 11.6 Å². The number of rotatable bonds is 3. The first kappa shape index (κ1) is 14.4. The highest BCUT2D eigenvalue weighted by atomic mass is 16.1. The Morgan fingerprint density at radius 3 is 2.65 bits per heavy atom. The maximum absolute atomic E-state index is 12.3. The highest BCUT2D eigenvalue weighted by molar-refractivity contribution is 6.04. The summed E-state index contributed by atoms with van der Waals surface area (Å²) in [6.45, 7) is 0. The molecule has 0 radical (unpaired) electrons. The molecule has 3 aromatic rings. The van der Waals surface area contributed by atoms with E-state index in [1.54, 1.807) is 49.5 Å². The van der Waals surface area contributed by atoms with E-state index in [4.69, 9.17) is 5.26 Å². The van der Waals surface area contributed by atoms with Gasteiger partial charge in [0.15, 0.2) is 5.82 Å². The van der Waals surface area contributed by atoms with Crippen LogP contribution in [0.15, 0.2) is 48.5 Å². The molecule has 2 aromatic carbocycles. The summed E-state index contributed by atoms with van der Waals surface area (Å²) < 4.78 is 1.54. The van der Waals surface area contributed by atoms with Gasteiger partial charge in [0, 0.05) is 23.9 Å². The van der Waals surface area contributed by atoms with E-state index >= 15 is 0 Å². The van der Waals surface area contributed by atoms with Crippen LogP contribution in [0.4, 0.5) is 5.69 Å². The van der Waals surface area contributed by atoms with Crippen molar-refractivity contribution in [3.8, 4) is 17.5 Å². The molecule has 7 heteroatoms. The van der Waals surface area contributed by atoms with E-state index in [1.807, 2.05) is 12.1 Å². The SMILES string of the molecule is Cn1nnnc1-c1cccc(C(=O)Nc2ccc(C#N)cc2)c1. The van der Waals surface area contributed by atoms with Crippen molar-refractivity contribution >= 4 is 11.6 Å². The van der Waals surface area contributed by atoms with Crippen molar-refractivity contribution in [3.63, 3.8) is 0 Å². The molecule has 0 saturated heterocycles. The van der Waals surface area contributed by atoms with Crippen molar-refractivity contribution in [2.24, 2.45) is 7.05 Å². The molecule has 0 spiro atoms. The summed E-state index contributed by atoms with van der Waals surface area (Å²) in [6, 6.07) is 15.8. The fourth-order valence-corrected chi connectivity index (χ4v) is 2.10. The lowest BCUT2D eigenvalue weighted by molar-refractivity contribution is 0.102. The number of benzene rings is 2. The third-order valence-corrected chi connectivity index (χ3v) is 3.27. The third-order valence-electron chi connectivity index (χ3n) is 3.27. The largest absolute Gasteiger partial charge is 0.322 e. The first-order valence-electron chi connectivity index (χ1n) is 6.81. The Morgan fingerprint density at radius 2 is 2.00 bits per heavy atom. The van der Waals surface area contributed by atoms with Gasteiger partial charge in [-0.25, -0.2) is 4.68 Å². The maximum atomic E-state index is 12.3. The van der Waals surface area contributed by atoms with Gasteiger partial charge in [0.2, 0.25) is 0 Å². The Hall–Kier alpha value is -3.53. The average molecular weight is 304 g/mol. The van der Waals surface area contributed by atoms with E-state index in [-0.39, 0.29) is 5.91 Å². The summed E-state index contributed by atoms with van der Waals surface area (Å²) in [6.07, 6.45) is 0. The van der Waals surface area contributed by atoms with Crippen LogP contribution in [0.25, 0.3) is 11.4 Å². The summed E-state index contributed by atoms with van der Waals surface area (Å²) in [7, 11) is 1.73.